The van der Waals surface area contributed by atoms with Crippen LogP contribution in [0.5, 0.6) is 0 Å². The highest BCUT2D eigenvalue weighted by Gasteiger charge is 2.13. The molecule has 0 radical (unpaired) electrons. The molecule has 110 valence electrons. The van der Waals surface area contributed by atoms with Crippen molar-refractivity contribution in [2.24, 2.45) is 0 Å². The lowest BCUT2D eigenvalue weighted by atomic mass is 10.2. The number of rotatable bonds is 5. The number of aromatic nitrogens is 1. The van der Waals surface area contributed by atoms with Crippen LogP contribution in [0, 0.1) is 6.92 Å². The number of benzene rings is 1. The molecule has 1 N–H and O–H groups in total. The molecule has 0 bridgehead atoms. The van der Waals surface area contributed by atoms with Crippen LogP contribution in [0.1, 0.15) is 28.7 Å². The van der Waals surface area contributed by atoms with Gasteiger partial charge in [-0.2, -0.15) is 0 Å². The summed E-state index contributed by atoms with van der Waals surface area (Å²) in [5.41, 5.74) is 2.92. The third-order valence-electron chi connectivity index (χ3n) is 3.22. The summed E-state index contributed by atoms with van der Waals surface area (Å²) in [5.74, 6) is -0.980. The van der Waals surface area contributed by atoms with Gasteiger partial charge in [-0.15, -0.1) is 0 Å². The van der Waals surface area contributed by atoms with E-state index in [4.69, 9.17) is 16.7 Å². The van der Waals surface area contributed by atoms with E-state index in [-0.39, 0.29) is 5.56 Å². The largest absolute Gasteiger partial charge is 0.478 e. The van der Waals surface area contributed by atoms with E-state index >= 15 is 0 Å². The van der Waals surface area contributed by atoms with Crippen molar-refractivity contribution in [3.63, 3.8) is 0 Å². The Hall–Kier alpha value is -2.07. The van der Waals surface area contributed by atoms with Crippen molar-refractivity contribution in [3.8, 4) is 0 Å². The molecule has 21 heavy (non-hydrogen) atoms. The molecule has 2 aromatic rings. The van der Waals surface area contributed by atoms with Gasteiger partial charge in [0.2, 0.25) is 0 Å². The van der Waals surface area contributed by atoms with Crippen LogP contribution in [0.3, 0.4) is 0 Å². The number of hydrogen-bond acceptors (Lipinski definition) is 3. The first-order chi connectivity index (χ1) is 10.0. The number of carbonyl (C=O) groups is 1. The lowest BCUT2D eigenvalue weighted by molar-refractivity contribution is 0.0697. The van der Waals surface area contributed by atoms with Gasteiger partial charge in [0.25, 0.3) is 0 Å². The molecule has 0 fully saturated rings. The highest BCUT2D eigenvalue weighted by Crippen LogP contribution is 2.28. The quantitative estimate of drug-likeness (QED) is 0.913. The number of aromatic carboxylic acids is 1. The number of halogens is 1. The van der Waals surface area contributed by atoms with Gasteiger partial charge < -0.3 is 10.0 Å². The van der Waals surface area contributed by atoms with Crippen molar-refractivity contribution in [2.75, 3.05) is 11.4 Å². The van der Waals surface area contributed by atoms with Gasteiger partial charge in [0.05, 0.1) is 28.5 Å². The average Bonchev–Trinajstić information content (AvgIpc) is 2.45. The molecule has 1 aromatic heterocycles. The molecule has 0 aliphatic carbocycles. The topological polar surface area (TPSA) is 53.4 Å². The molecule has 1 aromatic carbocycles. The zero-order valence-electron chi connectivity index (χ0n) is 12.0. The minimum absolute atomic E-state index is 0.188. The lowest BCUT2D eigenvalue weighted by Gasteiger charge is -2.24. The number of carboxylic acid groups (broad SMARTS) is 1. The van der Waals surface area contributed by atoms with Crippen LogP contribution in [0.4, 0.5) is 5.69 Å². The first-order valence-corrected chi connectivity index (χ1v) is 7.09. The van der Waals surface area contributed by atoms with E-state index in [2.05, 4.69) is 9.88 Å². The Bertz CT molecular complexity index is 658. The van der Waals surface area contributed by atoms with Crippen molar-refractivity contribution in [3.05, 3.63) is 58.4 Å². The number of nitrogens with zero attached hydrogens (tertiary/aromatic N) is 2. The fraction of sp³-hybridized carbons (Fsp3) is 0.250. The van der Waals surface area contributed by atoms with Crippen molar-refractivity contribution in [1.82, 2.24) is 4.98 Å². The Labute approximate surface area is 129 Å². The summed E-state index contributed by atoms with van der Waals surface area (Å²) in [5, 5.41) is 9.41. The fourth-order valence-electron chi connectivity index (χ4n) is 2.15. The molecule has 0 saturated carbocycles. The lowest BCUT2D eigenvalue weighted by Crippen LogP contribution is -2.23. The van der Waals surface area contributed by atoms with Crippen LogP contribution in [-0.2, 0) is 6.54 Å². The van der Waals surface area contributed by atoms with Crippen LogP contribution in [0.25, 0.3) is 0 Å². The number of carboxylic acids is 1. The second-order valence-corrected chi connectivity index (χ2v) is 5.16. The highest BCUT2D eigenvalue weighted by atomic mass is 35.5. The van der Waals surface area contributed by atoms with E-state index in [1.807, 2.05) is 32.0 Å². The molecule has 0 unspecified atom stereocenters. The predicted octanol–water partition coefficient (Wildman–Crippen LogP) is 3.77. The van der Waals surface area contributed by atoms with Crippen molar-refractivity contribution < 1.29 is 9.90 Å². The summed E-state index contributed by atoms with van der Waals surface area (Å²) < 4.78 is 0. The maximum absolute atomic E-state index is 11.0. The number of aryl methyl sites for hydroxylation is 1. The summed E-state index contributed by atoms with van der Waals surface area (Å²) in [6.45, 7) is 5.36. The number of hydrogen-bond donors (Lipinski definition) is 1. The second kappa shape index (κ2) is 6.59. The summed E-state index contributed by atoms with van der Waals surface area (Å²) >= 11 is 6.22. The van der Waals surface area contributed by atoms with Crippen molar-refractivity contribution >= 4 is 23.3 Å². The van der Waals surface area contributed by atoms with Gasteiger partial charge in [-0.1, -0.05) is 17.7 Å². The number of pyridine rings is 1. The van der Waals surface area contributed by atoms with Crippen molar-refractivity contribution in [2.45, 2.75) is 20.4 Å². The SMILES string of the molecule is CCN(Cc1cccc(C)n1)c1ccc(C(=O)O)cc1Cl. The van der Waals surface area contributed by atoms with Gasteiger partial charge in [0.1, 0.15) is 0 Å². The zero-order chi connectivity index (χ0) is 15.4. The monoisotopic (exact) mass is 304 g/mol. The summed E-state index contributed by atoms with van der Waals surface area (Å²) in [6, 6.07) is 10.7. The zero-order valence-corrected chi connectivity index (χ0v) is 12.8. The van der Waals surface area contributed by atoms with E-state index in [9.17, 15) is 4.79 Å². The molecule has 0 saturated heterocycles. The highest BCUT2D eigenvalue weighted by molar-refractivity contribution is 6.33. The van der Waals surface area contributed by atoms with E-state index in [0.717, 1.165) is 23.6 Å². The molecule has 0 aliphatic heterocycles. The standard InChI is InChI=1S/C16H17ClN2O2/c1-3-19(10-13-6-4-5-11(2)18-13)15-8-7-12(16(20)21)9-14(15)17/h4-9H,3,10H2,1-2H3,(H,20,21). The van der Waals surface area contributed by atoms with Gasteiger partial charge in [-0.3, -0.25) is 4.98 Å². The molecule has 2 rings (SSSR count). The third kappa shape index (κ3) is 3.73. The Morgan fingerprint density at radius 1 is 1.33 bits per heavy atom. The maximum Gasteiger partial charge on any atom is 0.335 e. The van der Waals surface area contributed by atoms with E-state index in [1.54, 1.807) is 12.1 Å². The Kier molecular flexibility index (Phi) is 4.81. The smallest absolute Gasteiger partial charge is 0.335 e. The maximum atomic E-state index is 11.0. The Balaban J connectivity index is 2.27. The van der Waals surface area contributed by atoms with Crippen LogP contribution in [-0.4, -0.2) is 22.6 Å². The molecule has 0 amide bonds. The van der Waals surface area contributed by atoms with E-state index in [1.165, 1.54) is 6.07 Å². The average molecular weight is 305 g/mol. The second-order valence-electron chi connectivity index (χ2n) is 4.76. The molecule has 1 heterocycles. The Morgan fingerprint density at radius 3 is 2.67 bits per heavy atom. The molecular weight excluding hydrogens is 288 g/mol. The predicted molar refractivity (Wildman–Crippen MR) is 84.1 cm³/mol. The van der Waals surface area contributed by atoms with Crippen molar-refractivity contribution in [1.29, 1.82) is 0 Å². The first kappa shape index (κ1) is 15.3. The summed E-state index contributed by atoms with van der Waals surface area (Å²) in [6.07, 6.45) is 0. The van der Waals surface area contributed by atoms with Crippen LogP contribution in [0.15, 0.2) is 36.4 Å². The minimum Gasteiger partial charge on any atom is -0.478 e. The van der Waals surface area contributed by atoms with E-state index < -0.39 is 5.97 Å². The number of anilines is 1. The molecule has 0 atom stereocenters. The van der Waals surface area contributed by atoms with Gasteiger partial charge >= 0.3 is 5.97 Å². The molecular formula is C16H17ClN2O2. The minimum atomic E-state index is -0.980. The normalized spacial score (nSPS) is 10.4. The van der Waals surface area contributed by atoms with Gasteiger partial charge in [-0.05, 0) is 44.2 Å². The third-order valence-corrected chi connectivity index (χ3v) is 3.52. The van der Waals surface area contributed by atoms with E-state index in [0.29, 0.717) is 11.6 Å². The molecule has 4 nitrogen and oxygen atoms in total. The van der Waals surface area contributed by atoms with Gasteiger partial charge in [-0.25, -0.2) is 4.79 Å². The van der Waals surface area contributed by atoms with Crippen LogP contribution in [0.2, 0.25) is 5.02 Å². The fourth-order valence-corrected chi connectivity index (χ4v) is 2.45. The summed E-state index contributed by atoms with van der Waals surface area (Å²) in [4.78, 5) is 17.5. The Morgan fingerprint density at radius 2 is 2.10 bits per heavy atom. The van der Waals surface area contributed by atoms with Crippen LogP contribution >= 0.6 is 11.6 Å². The van der Waals surface area contributed by atoms with Gasteiger partial charge in [0, 0.05) is 12.2 Å². The molecule has 0 aliphatic rings. The summed E-state index contributed by atoms with van der Waals surface area (Å²) in [7, 11) is 0. The van der Waals surface area contributed by atoms with Gasteiger partial charge in [0.15, 0.2) is 0 Å². The van der Waals surface area contributed by atoms with Crippen LogP contribution < -0.4 is 4.90 Å². The molecule has 5 heteroatoms. The molecule has 0 spiro atoms. The first-order valence-electron chi connectivity index (χ1n) is 6.71.